The van der Waals surface area contributed by atoms with Gasteiger partial charge in [0.2, 0.25) is 8.32 Å². The Hall–Kier alpha value is -1.45. The van der Waals surface area contributed by atoms with Gasteiger partial charge < -0.3 is 4.80 Å². The van der Waals surface area contributed by atoms with Crippen LogP contribution in [0.3, 0.4) is 0 Å². The summed E-state index contributed by atoms with van der Waals surface area (Å²) in [6, 6.07) is 11.7. The zero-order chi connectivity index (χ0) is 14.2. The standard InChI is InChI=1S/C16H20O2Si/c1-11(2)16(17)13-9-8-12-6-5-7-15(14(12)10-13)19(3,4)18/h5-11,18H,1-4H3. The number of hydrogen-bond donors (Lipinski definition) is 1. The van der Waals surface area contributed by atoms with E-state index in [2.05, 4.69) is 0 Å². The monoisotopic (exact) mass is 272 g/mol. The first-order valence-electron chi connectivity index (χ1n) is 6.60. The maximum absolute atomic E-state index is 12.1. The summed E-state index contributed by atoms with van der Waals surface area (Å²) in [5.74, 6) is 0.137. The highest BCUT2D eigenvalue weighted by Crippen LogP contribution is 2.19. The number of hydrogen-bond acceptors (Lipinski definition) is 2. The van der Waals surface area contributed by atoms with Crippen LogP contribution in [0, 0.1) is 5.92 Å². The van der Waals surface area contributed by atoms with Crippen LogP contribution in [0.2, 0.25) is 13.1 Å². The third kappa shape index (κ3) is 2.77. The molecule has 100 valence electrons. The lowest BCUT2D eigenvalue weighted by Gasteiger charge is -2.18. The highest BCUT2D eigenvalue weighted by Gasteiger charge is 2.23. The highest BCUT2D eigenvalue weighted by molar-refractivity contribution is 6.85. The second-order valence-corrected chi connectivity index (χ2v) is 9.48. The highest BCUT2D eigenvalue weighted by atomic mass is 28.4. The van der Waals surface area contributed by atoms with Crippen molar-refractivity contribution in [3.63, 3.8) is 0 Å². The van der Waals surface area contributed by atoms with Crippen LogP contribution in [0.15, 0.2) is 36.4 Å². The first kappa shape index (κ1) is 14.0. The maximum Gasteiger partial charge on any atom is 0.214 e. The predicted octanol–water partition coefficient (Wildman–Crippen LogP) is 3.08. The third-order valence-electron chi connectivity index (χ3n) is 3.35. The molecule has 0 aliphatic rings. The Morgan fingerprint density at radius 1 is 1.16 bits per heavy atom. The van der Waals surface area contributed by atoms with Gasteiger partial charge in [-0.2, -0.15) is 0 Å². The largest absolute Gasteiger partial charge is 0.428 e. The van der Waals surface area contributed by atoms with Crippen molar-refractivity contribution in [1.29, 1.82) is 0 Å². The van der Waals surface area contributed by atoms with Gasteiger partial charge in [0.1, 0.15) is 0 Å². The van der Waals surface area contributed by atoms with Crippen molar-refractivity contribution in [2.45, 2.75) is 26.9 Å². The minimum absolute atomic E-state index is 0.0102. The molecule has 0 fully saturated rings. The lowest BCUT2D eigenvalue weighted by Crippen LogP contribution is -2.41. The average Bonchev–Trinajstić information content (AvgIpc) is 2.35. The predicted molar refractivity (Wildman–Crippen MR) is 82.5 cm³/mol. The zero-order valence-corrected chi connectivity index (χ0v) is 12.9. The molecule has 19 heavy (non-hydrogen) atoms. The van der Waals surface area contributed by atoms with Crippen molar-refractivity contribution < 1.29 is 9.59 Å². The molecule has 2 nitrogen and oxygen atoms in total. The van der Waals surface area contributed by atoms with Crippen molar-refractivity contribution in [2.24, 2.45) is 5.92 Å². The molecule has 0 saturated heterocycles. The van der Waals surface area contributed by atoms with E-state index < -0.39 is 8.32 Å². The van der Waals surface area contributed by atoms with Crippen LogP contribution in [0.1, 0.15) is 24.2 Å². The van der Waals surface area contributed by atoms with E-state index >= 15 is 0 Å². The van der Waals surface area contributed by atoms with Gasteiger partial charge in [-0.1, -0.05) is 44.2 Å². The molecule has 2 rings (SSSR count). The average molecular weight is 272 g/mol. The van der Waals surface area contributed by atoms with Crippen LogP contribution in [-0.2, 0) is 0 Å². The second kappa shape index (κ2) is 4.91. The molecule has 0 aromatic heterocycles. The summed E-state index contributed by atoms with van der Waals surface area (Å²) >= 11 is 0. The molecule has 0 unspecified atom stereocenters. The fourth-order valence-corrected chi connectivity index (χ4v) is 3.67. The first-order chi connectivity index (χ1) is 8.80. The van der Waals surface area contributed by atoms with Crippen molar-refractivity contribution in [2.75, 3.05) is 0 Å². The number of carbonyl (C=O) groups excluding carboxylic acids is 1. The number of benzene rings is 2. The Morgan fingerprint density at radius 2 is 1.84 bits per heavy atom. The molecule has 2 aromatic carbocycles. The summed E-state index contributed by atoms with van der Waals surface area (Å²) < 4.78 is 0. The SMILES string of the molecule is CC(C)C(=O)c1ccc2cccc([Si](C)(C)O)c2c1. The zero-order valence-electron chi connectivity index (χ0n) is 11.9. The molecule has 0 atom stereocenters. The number of Topliss-reactive ketones (excluding diaryl/α,β-unsaturated/α-hetero) is 1. The second-order valence-electron chi connectivity index (χ2n) is 5.82. The van der Waals surface area contributed by atoms with Gasteiger partial charge in [-0.15, -0.1) is 0 Å². The summed E-state index contributed by atoms with van der Waals surface area (Å²) in [4.78, 5) is 22.5. The molecule has 3 heteroatoms. The van der Waals surface area contributed by atoms with E-state index in [1.165, 1.54) is 0 Å². The Morgan fingerprint density at radius 3 is 2.42 bits per heavy atom. The number of rotatable bonds is 3. The van der Waals surface area contributed by atoms with Crippen LogP contribution in [0.25, 0.3) is 10.8 Å². The van der Waals surface area contributed by atoms with E-state index in [0.29, 0.717) is 0 Å². The summed E-state index contributed by atoms with van der Waals surface area (Å²) in [7, 11) is -2.39. The molecule has 1 N–H and O–H groups in total. The number of ketones is 1. The van der Waals surface area contributed by atoms with Crippen LogP contribution in [-0.4, -0.2) is 18.9 Å². The van der Waals surface area contributed by atoms with Crippen molar-refractivity contribution >= 4 is 30.1 Å². The Bertz CT molecular complexity index is 624. The molecule has 0 aliphatic heterocycles. The molecule has 0 heterocycles. The Kier molecular flexibility index (Phi) is 3.61. The van der Waals surface area contributed by atoms with E-state index in [9.17, 15) is 9.59 Å². The summed E-state index contributed by atoms with van der Waals surface area (Å²) in [5, 5.41) is 3.07. The van der Waals surface area contributed by atoms with Gasteiger partial charge in [0.05, 0.1) is 0 Å². The minimum atomic E-state index is -2.39. The van der Waals surface area contributed by atoms with Gasteiger partial charge in [0, 0.05) is 11.5 Å². The van der Waals surface area contributed by atoms with E-state index in [-0.39, 0.29) is 11.7 Å². The fraction of sp³-hybridized carbons (Fsp3) is 0.312. The van der Waals surface area contributed by atoms with Crippen LogP contribution in [0.4, 0.5) is 0 Å². The van der Waals surface area contributed by atoms with Gasteiger partial charge in [0.15, 0.2) is 5.78 Å². The molecule has 0 saturated carbocycles. The van der Waals surface area contributed by atoms with E-state index in [1.807, 2.05) is 63.3 Å². The lowest BCUT2D eigenvalue weighted by atomic mass is 9.98. The van der Waals surface area contributed by atoms with Gasteiger partial charge in [-0.05, 0) is 35.1 Å². The quantitative estimate of drug-likeness (QED) is 0.688. The molecule has 2 aromatic rings. The van der Waals surface area contributed by atoms with Crippen LogP contribution in [0.5, 0.6) is 0 Å². The molecule has 0 aliphatic carbocycles. The number of fused-ring (bicyclic) bond motifs is 1. The lowest BCUT2D eigenvalue weighted by molar-refractivity contribution is 0.0939. The maximum atomic E-state index is 12.1. The van der Waals surface area contributed by atoms with Crippen molar-refractivity contribution in [3.05, 3.63) is 42.0 Å². The number of carbonyl (C=O) groups is 1. The molecule has 0 amide bonds. The third-order valence-corrected chi connectivity index (χ3v) is 5.10. The first-order valence-corrected chi connectivity index (χ1v) is 9.55. The van der Waals surface area contributed by atoms with Crippen LogP contribution >= 0.6 is 0 Å². The molecule has 0 bridgehead atoms. The van der Waals surface area contributed by atoms with Gasteiger partial charge >= 0.3 is 0 Å². The molecule has 0 radical (unpaired) electrons. The minimum Gasteiger partial charge on any atom is -0.428 e. The van der Waals surface area contributed by atoms with Gasteiger partial charge in [-0.3, -0.25) is 4.79 Å². The summed E-state index contributed by atoms with van der Waals surface area (Å²) in [5.41, 5.74) is 0.730. The van der Waals surface area contributed by atoms with E-state index in [0.717, 1.165) is 21.5 Å². The Labute approximate surface area is 115 Å². The topological polar surface area (TPSA) is 37.3 Å². The fourth-order valence-electron chi connectivity index (χ4n) is 2.29. The summed E-state index contributed by atoms with van der Waals surface area (Å²) in [6.45, 7) is 7.61. The molecule has 0 spiro atoms. The molecular formula is C16H20O2Si. The van der Waals surface area contributed by atoms with Crippen LogP contribution < -0.4 is 5.19 Å². The van der Waals surface area contributed by atoms with Crippen molar-refractivity contribution in [1.82, 2.24) is 0 Å². The molecular weight excluding hydrogens is 252 g/mol. The van der Waals surface area contributed by atoms with Gasteiger partial charge in [0.25, 0.3) is 0 Å². The van der Waals surface area contributed by atoms with E-state index in [1.54, 1.807) is 0 Å². The van der Waals surface area contributed by atoms with Gasteiger partial charge in [-0.25, -0.2) is 0 Å². The normalized spacial score (nSPS) is 12.1. The smallest absolute Gasteiger partial charge is 0.214 e. The summed E-state index contributed by atoms with van der Waals surface area (Å²) in [6.07, 6.45) is 0. The Balaban J connectivity index is 2.67. The van der Waals surface area contributed by atoms with Crippen molar-refractivity contribution in [3.8, 4) is 0 Å². The van der Waals surface area contributed by atoms with E-state index in [4.69, 9.17) is 0 Å².